The Labute approximate surface area is 186 Å². The topological polar surface area (TPSA) is 75.7 Å². The minimum Gasteiger partial charge on any atom is -0.495 e. The van der Waals surface area contributed by atoms with Gasteiger partial charge in [-0.2, -0.15) is 0 Å². The summed E-state index contributed by atoms with van der Waals surface area (Å²) in [6, 6.07) is 13.6. The number of anilines is 1. The standard InChI is InChI=1S/C23H24N2O4S2/c1-15-4-7-18(8-5-15)24-31(27,28)22-14-17(6-9-20(22)29-3)23(26)25-12-10-21-19(16(25)2)11-13-30-21/h4-9,11,13-14,16,24H,10,12H2,1-3H3. The fourth-order valence-electron chi connectivity index (χ4n) is 3.80. The predicted octanol–water partition coefficient (Wildman–Crippen LogP) is 4.63. The van der Waals surface area contributed by atoms with Gasteiger partial charge in [0.1, 0.15) is 10.6 Å². The molecule has 1 atom stereocenters. The average Bonchev–Trinajstić information content (AvgIpc) is 3.24. The molecule has 0 bridgehead atoms. The number of fused-ring (bicyclic) bond motifs is 1. The molecule has 1 unspecified atom stereocenters. The van der Waals surface area contributed by atoms with Crippen LogP contribution in [0.15, 0.2) is 58.8 Å². The Balaban J connectivity index is 1.66. The van der Waals surface area contributed by atoms with Crippen molar-refractivity contribution in [1.82, 2.24) is 4.90 Å². The molecule has 162 valence electrons. The fourth-order valence-corrected chi connectivity index (χ4v) is 6.02. The molecule has 3 aromatic rings. The van der Waals surface area contributed by atoms with Crippen molar-refractivity contribution in [3.05, 3.63) is 75.5 Å². The zero-order valence-electron chi connectivity index (χ0n) is 17.6. The van der Waals surface area contributed by atoms with E-state index in [1.165, 1.54) is 24.1 Å². The molecule has 0 aliphatic carbocycles. The summed E-state index contributed by atoms with van der Waals surface area (Å²) in [6.45, 7) is 4.53. The second-order valence-corrected chi connectivity index (χ2v) is 10.2. The summed E-state index contributed by atoms with van der Waals surface area (Å²) in [5.41, 5.74) is 2.94. The van der Waals surface area contributed by atoms with Crippen molar-refractivity contribution in [2.24, 2.45) is 0 Å². The summed E-state index contributed by atoms with van der Waals surface area (Å²) < 4.78 is 34.0. The van der Waals surface area contributed by atoms with Crippen LogP contribution in [-0.2, 0) is 16.4 Å². The lowest BCUT2D eigenvalue weighted by molar-refractivity contribution is 0.0679. The summed E-state index contributed by atoms with van der Waals surface area (Å²) in [4.78, 5) is 16.3. The van der Waals surface area contributed by atoms with Crippen LogP contribution >= 0.6 is 11.3 Å². The van der Waals surface area contributed by atoms with E-state index in [1.807, 2.05) is 31.4 Å². The predicted molar refractivity (Wildman–Crippen MR) is 122 cm³/mol. The van der Waals surface area contributed by atoms with Crippen LogP contribution in [0.4, 0.5) is 5.69 Å². The molecule has 2 aromatic carbocycles. The van der Waals surface area contributed by atoms with Gasteiger partial charge in [-0.3, -0.25) is 9.52 Å². The smallest absolute Gasteiger partial charge is 0.265 e. The van der Waals surface area contributed by atoms with Crippen LogP contribution in [0.5, 0.6) is 5.75 Å². The highest BCUT2D eigenvalue weighted by molar-refractivity contribution is 7.92. The first-order valence-corrected chi connectivity index (χ1v) is 12.3. The summed E-state index contributed by atoms with van der Waals surface area (Å²) in [6.07, 6.45) is 0.805. The van der Waals surface area contributed by atoms with Crippen LogP contribution in [0.25, 0.3) is 0 Å². The van der Waals surface area contributed by atoms with Crippen LogP contribution in [0.1, 0.15) is 39.3 Å². The van der Waals surface area contributed by atoms with Gasteiger partial charge in [0, 0.05) is 22.7 Å². The van der Waals surface area contributed by atoms with Gasteiger partial charge in [0.05, 0.1) is 13.2 Å². The molecule has 1 aromatic heterocycles. The van der Waals surface area contributed by atoms with Crippen molar-refractivity contribution >= 4 is 33.0 Å². The van der Waals surface area contributed by atoms with Crippen molar-refractivity contribution in [3.63, 3.8) is 0 Å². The number of thiophene rings is 1. The van der Waals surface area contributed by atoms with E-state index in [9.17, 15) is 13.2 Å². The molecule has 1 amide bonds. The van der Waals surface area contributed by atoms with E-state index < -0.39 is 10.0 Å². The molecule has 1 N–H and O–H groups in total. The van der Waals surface area contributed by atoms with Gasteiger partial charge in [0.25, 0.3) is 15.9 Å². The van der Waals surface area contributed by atoms with Crippen molar-refractivity contribution in [2.45, 2.75) is 31.2 Å². The maximum Gasteiger partial charge on any atom is 0.265 e. The van der Waals surface area contributed by atoms with Crippen LogP contribution in [0.2, 0.25) is 0 Å². The average molecular weight is 457 g/mol. The SMILES string of the molecule is COc1ccc(C(=O)N2CCc3sccc3C2C)cc1S(=O)(=O)Nc1ccc(C)cc1. The van der Waals surface area contributed by atoms with E-state index in [0.717, 1.165) is 17.5 Å². The normalized spacial score (nSPS) is 16.0. The number of rotatable bonds is 5. The highest BCUT2D eigenvalue weighted by Gasteiger charge is 2.30. The number of benzene rings is 2. The van der Waals surface area contributed by atoms with Crippen LogP contribution < -0.4 is 9.46 Å². The van der Waals surface area contributed by atoms with E-state index in [0.29, 0.717) is 17.8 Å². The van der Waals surface area contributed by atoms with Gasteiger partial charge in [0.2, 0.25) is 0 Å². The maximum atomic E-state index is 13.3. The highest BCUT2D eigenvalue weighted by Crippen LogP contribution is 2.34. The number of sulfonamides is 1. The number of nitrogens with zero attached hydrogens (tertiary/aromatic N) is 1. The first-order chi connectivity index (χ1) is 14.8. The molecular weight excluding hydrogens is 432 g/mol. The van der Waals surface area contributed by atoms with Gasteiger partial charge < -0.3 is 9.64 Å². The quantitative estimate of drug-likeness (QED) is 0.608. The molecule has 0 fully saturated rings. The number of nitrogens with one attached hydrogen (secondary N) is 1. The Morgan fingerprint density at radius 1 is 1.16 bits per heavy atom. The van der Waals surface area contributed by atoms with Gasteiger partial charge in [-0.05, 0) is 67.6 Å². The number of amides is 1. The van der Waals surface area contributed by atoms with Gasteiger partial charge in [-0.15, -0.1) is 11.3 Å². The van der Waals surface area contributed by atoms with E-state index in [2.05, 4.69) is 10.8 Å². The monoisotopic (exact) mass is 456 g/mol. The number of hydrogen-bond acceptors (Lipinski definition) is 5. The summed E-state index contributed by atoms with van der Waals surface area (Å²) in [7, 11) is -2.54. The summed E-state index contributed by atoms with van der Waals surface area (Å²) in [5, 5.41) is 2.05. The van der Waals surface area contributed by atoms with E-state index >= 15 is 0 Å². The first-order valence-electron chi connectivity index (χ1n) is 9.95. The third-order valence-corrected chi connectivity index (χ3v) is 7.94. The number of carbonyl (C=O) groups is 1. The molecule has 1 aliphatic heterocycles. The first kappa shape index (κ1) is 21.4. The van der Waals surface area contributed by atoms with E-state index in [-0.39, 0.29) is 22.6 Å². The summed E-state index contributed by atoms with van der Waals surface area (Å²) >= 11 is 1.71. The summed E-state index contributed by atoms with van der Waals surface area (Å²) in [5.74, 6) is -0.0123. The zero-order valence-corrected chi connectivity index (χ0v) is 19.2. The number of hydrogen-bond donors (Lipinski definition) is 1. The number of carbonyl (C=O) groups excluding carboxylic acids is 1. The minimum absolute atomic E-state index is 0.0599. The Morgan fingerprint density at radius 3 is 2.61 bits per heavy atom. The molecule has 0 saturated carbocycles. The van der Waals surface area contributed by atoms with Gasteiger partial charge in [-0.25, -0.2) is 8.42 Å². The largest absolute Gasteiger partial charge is 0.495 e. The molecule has 0 radical (unpaired) electrons. The van der Waals surface area contributed by atoms with Crippen LogP contribution in [0.3, 0.4) is 0 Å². The second kappa shape index (κ2) is 8.36. The van der Waals surface area contributed by atoms with Crippen LogP contribution in [0, 0.1) is 6.92 Å². The number of ether oxygens (including phenoxy) is 1. The van der Waals surface area contributed by atoms with Gasteiger partial charge >= 0.3 is 0 Å². The lowest BCUT2D eigenvalue weighted by atomic mass is 10.0. The molecule has 1 aliphatic rings. The van der Waals surface area contributed by atoms with Crippen molar-refractivity contribution in [3.8, 4) is 5.75 Å². The minimum atomic E-state index is -3.95. The number of aryl methyl sites for hydroxylation is 1. The Bertz CT molecular complexity index is 1220. The lowest BCUT2D eigenvalue weighted by Gasteiger charge is -2.33. The van der Waals surface area contributed by atoms with Gasteiger partial charge in [-0.1, -0.05) is 17.7 Å². The third kappa shape index (κ3) is 4.18. The molecule has 4 rings (SSSR count). The fraction of sp³-hybridized carbons (Fsp3) is 0.261. The molecule has 8 heteroatoms. The van der Waals surface area contributed by atoms with E-state index in [4.69, 9.17) is 4.74 Å². The molecule has 31 heavy (non-hydrogen) atoms. The van der Waals surface area contributed by atoms with E-state index in [1.54, 1.807) is 34.4 Å². The Hall–Kier alpha value is -2.84. The third-order valence-electron chi connectivity index (χ3n) is 5.54. The Kier molecular flexibility index (Phi) is 5.77. The number of methoxy groups -OCH3 is 1. The maximum absolute atomic E-state index is 13.3. The highest BCUT2D eigenvalue weighted by atomic mass is 32.2. The van der Waals surface area contributed by atoms with Gasteiger partial charge in [0.15, 0.2) is 0 Å². The lowest BCUT2D eigenvalue weighted by Crippen LogP contribution is -2.38. The molecule has 6 nitrogen and oxygen atoms in total. The van der Waals surface area contributed by atoms with Crippen molar-refractivity contribution in [2.75, 3.05) is 18.4 Å². The zero-order chi connectivity index (χ0) is 22.2. The Morgan fingerprint density at radius 2 is 1.90 bits per heavy atom. The molecular formula is C23H24N2O4S2. The second-order valence-electron chi connectivity index (χ2n) is 7.56. The molecule has 0 saturated heterocycles. The molecule has 0 spiro atoms. The van der Waals surface area contributed by atoms with Crippen molar-refractivity contribution in [1.29, 1.82) is 0 Å². The van der Waals surface area contributed by atoms with Crippen molar-refractivity contribution < 1.29 is 17.9 Å². The van der Waals surface area contributed by atoms with Crippen LogP contribution in [-0.4, -0.2) is 32.9 Å². The molecule has 2 heterocycles.